The summed E-state index contributed by atoms with van der Waals surface area (Å²) in [4.78, 5) is 18.6. The molecule has 1 amide bonds. The smallest absolute Gasteiger partial charge is 0.232 e. The van der Waals surface area contributed by atoms with Crippen LogP contribution in [-0.4, -0.2) is 27.5 Å². The Morgan fingerprint density at radius 2 is 1.88 bits per heavy atom. The molecule has 4 rings (SSSR count). The van der Waals surface area contributed by atoms with E-state index in [1.165, 1.54) is 0 Å². The molecule has 0 aliphatic carbocycles. The minimum Gasteiger partial charge on any atom is -0.339 e. The molecule has 126 valence electrons. The van der Waals surface area contributed by atoms with E-state index in [-0.39, 0.29) is 11.8 Å². The zero-order valence-corrected chi connectivity index (χ0v) is 14.2. The second kappa shape index (κ2) is 6.69. The van der Waals surface area contributed by atoms with E-state index < -0.39 is 0 Å². The van der Waals surface area contributed by atoms with Crippen molar-refractivity contribution in [3.63, 3.8) is 0 Å². The van der Waals surface area contributed by atoms with Gasteiger partial charge >= 0.3 is 0 Å². The summed E-state index contributed by atoms with van der Waals surface area (Å²) < 4.78 is 5.41. The van der Waals surface area contributed by atoms with Crippen molar-refractivity contribution in [2.45, 2.75) is 18.9 Å². The maximum atomic E-state index is 12.3. The molecule has 0 radical (unpaired) electrons. The van der Waals surface area contributed by atoms with Crippen molar-refractivity contribution in [3.8, 4) is 11.4 Å². The van der Waals surface area contributed by atoms with Gasteiger partial charge in [-0.15, -0.1) is 0 Å². The molecule has 0 spiro atoms. The van der Waals surface area contributed by atoms with Crippen molar-refractivity contribution in [2.75, 3.05) is 6.54 Å². The topological polar surface area (TPSA) is 59.2 Å². The van der Waals surface area contributed by atoms with Gasteiger partial charge in [0.25, 0.3) is 0 Å². The van der Waals surface area contributed by atoms with Crippen molar-refractivity contribution in [3.05, 3.63) is 71.1 Å². The normalized spacial score (nSPS) is 17.2. The zero-order valence-electron chi connectivity index (χ0n) is 13.4. The lowest BCUT2D eigenvalue weighted by Gasteiger charge is -2.16. The Labute approximate surface area is 150 Å². The molecule has 0 bridgehead atoms. The van der Waals surface area contributed by atoms with E-state index >= 15 is 0 Å². The number of carbonyl (C=O) groups is 1. The number of aromatic nitrogens is 2. The molecule has 0 saturated carbocycles. The molecule has 1 aliphatic heterocycles. The second-order valence-electron chi connectivity index (χ2n) is 6.12. The van der Waals surface area contributed by atoms with Crippen molar-refractivity contribution in [2.24, 2.45) is 0 Å². The number of amides is 1. The third-order valence-electron chi connectivity index (χ3n) is 4.32. The van der Waals surface area contributed by atoms with Gasteiger partial charge in [0.1, 0.15) is 0 Å². The molecule has 2 aromatic carbocycles. The van der Waals surface area contributed by atoms with E-state index in [0.717, 1.165) is 11.1 Å². The van der Waals surface area contributed by atoms with E-state index in [1.807, 2.05) is 59.5 Å². The van der Waals surface area contributed by atoms with Crippen LogP contribution in [0.25, 0.3) is 11.4 Å². The van der Waals surface area contributed by atoms with Crippen LogP contribution in [-0.2, 0) is 11.3 Å². The quantitative estimate of drug-likeness (QED) is 0.713. The first kappa shape index (κ1) is 15.8. The number of halogens is 1. The summed E-state index contributed by atoms with van der Waals surface area (Å²) in [6.07, 6.45) is 0.393. The van der Waals surface area contributed by atoms with Gasteiger partial charge in [0.2, 0.25) is 17.6 Å². The second-order valence-corrected chi connectivity index (χ2v) is 6.56. The molecule has 25 heavy (non-hydrogen) atoms. The Hall–Kier alpha value is -2.66. The molecular formula is C19H16ClN3O2. The third-order valence-corrected chi connectivity index (χ3v) is 4.58. The van der Waals surface area contributed by atoms with Crippen molar-refractivity contribution < 1.29 is 9.32 Å². The number of benzene rings is 2. The molecule has 1 fully saturated rings. The lowest BCUT2D eigenvalue weighted by molar-refractivity contribution is -0.128. The van der Waals surface area contributed by atoms with Gasteiger partial charge in [-0.25, -0.2) is 0 Å². The fourth-order valence-electron chi connectivity index (χ4n) is 3.01. The minimum atomic E-state index is -0.0650. The van der Waals surface area contributed by atoms with Crippen molar-refractivity contribution in [1.29, 1.82) is 0 Å². The van der Waals surface area contributed by atoms with Gasteiger partial charge in [-0.2, -0.15) is 4.98 Å². The van der Waals surface area contributed by atoms with Crippen LogP contribution in [0.15, 0.2) is 59.1 Å². The Balaban J connectivity index is 1.47. The monoisotopic (exact) mass is 353 g/mol. The highest BCUT2D eigenvalue weighted by molar-refractivity contribution is 6.30. The number of nitrogens with zero attached hydrogens (tertiary/aromatic N) is 3. The molecule has 5 nitrogen and oxygen atoms in total. The van der Waals surface area contributed by atoms with Crippen molar-refractivity contribution >= 4 is 17.5 Å². The summed E-state index contributed by atoms with van der Waals surface area (Å²) in [5.74, 6) is 1.11. The molecular weight excluding hydrogens is 338 g/mol. The van der Waals surface area contributed by atoms with Crippen LogP contribution >= 0.6 is 11.6 Å². The highest BCUT2D eigenvalue weighted by Crippen LogP contribution is 2.29. The highest BCUT2D eigenvalue weighted by atomic mass is 35.5. The van der Waals surface area contributed by atoms with Crippen LogP contribution in [0.3, 0.4) is 0 Å². The van der Waals surface area contributed by atoms with Gasteiger partial charge in [-0.1, -0.05) is 59.2 Å². The van der Waals surface area contributed by atoms with Gasteiger partial charge < -0.3 is 9.42 Å². The van der Waals surface area contributed by atoms with E-state index in [4.69, 9.17) is 16.1 Å². The standard InChI is InChI=1S/C19H16ClN3O2/c20-16-8-6-13(7-9-16)11-23-12-15(10-17(23)24)19-21-18(22-25-19)14-4-2-1-3-5-14/h1-9,15H,10-12H2. The molecule has 0 N–H and O–H groups in total. The number of hydrogen-bond acceptors (Lipinski definition) is 4. The maximum absolute atomic E-state index is 12.3. The number of rotatable bonds is 4. The van der Waals surface area contributed by atoms with Crippen LogP contribution in [0.4, 0.5) is 0 Å². The summed E-state index contributed by atoms with van der Waals surface area (Å²) in [7, 11) is 0. The number of carbonyl (C=O) groups excluding carboxylic acids is 1. The van der Waals surface area contributed by atoms with E-state index in [0.29, 0.717) is 36.2 Å². The third kappa shape index (κ3) is 3.42. The van der Waals surface area contributed by atoms with E-state index in [1.54, 1.807) is 0 Å². The van der Waals surface area contributed by atoms with Crippen LogP contribution in [0.5, 0.6) is 0 Å². The summed E-state index contributed by atoms with van der Waals surface area (Å²) in [5.41, 5.74) is 1.95. The fourth-order valence-corrected chi connectivity index (χ4v) is 3.13. The largest absolute Gasteiger partial charge is 0.339 e. The molecule has 1 aliphatic rings. The van der Waals surface area contributed by atoms with Crippen LogP contribution in [0, 0.1) is 0 Å². The average Bonchev–Trinajstić information content (AvgIpc) is 3.25. The highest BCUT2D eigenvalue weighted by Gasteiger charge is 2.34. The molecule has 6 heteroatoms. The first-order chi connectivity index (χ1) is 12.2. The molecule has 2 heterocycles. The zero-order chi connectivity index (χ0) is 17.2. The minimum absolute atomic E-state index is 0.0650. The Morgan fingerprint density at radius 3 is 2.64 bits per heavy atom. The molecule has 3 aromatic rings. The molecule has 1 aromatic heterocycles. The summed E-state index contributed by atoms with van der Waals surface area (Å²) in [6, 6.07) is 17.2. The average molecular weight is 354 g/mol. The molecule has 1 unspecified atom stereocenters. The molecule has 1 saturated heterocycles. The van der Waals surface area contributed by atoms with Gasteiger partial charge in [0.05, 0.1) is 5.92 Å². The van der Waals surface area contributed by atoms with Crippen LogP contribution in [0.2, 0.25) is 5.02 Å². The summed E-state index contributed by atoms with van der Waals surface area (Å²) in [5, 5.41) is 4.73. The summed E-state index contributed by atoms with van der Waals surface area (Å²) >= 11 is 5.90. The van der Waals surface area contributed by atoms with Gasteiger partial charge in [-0.3, -0.25) is 4.79 Å². The van der Waals surface area contributed by atoms with Gasteiger partial charge in [0, 0.05) is 30.1 Å². The Bertz CT molecular complexity index is 877. The van der Waals surface area contributed by atoms with Crippen molar-refractivity contribution in [1.82, 2.24) is 15.0 Å². The van der Waals surface area contributed by atoms with E-state index in [2.05, 4.69) is 10.1 Å². The number of likely N-dealkylation sites (tertiary alicyclic amines) is 1. The SMILES string of the molecule is O=C1CC(c2nc(-c3ccccc3)no2)CN1Cc1ccc(Cl)cc1. The first-order valence-electron chi connectivity index (χ1n) is 8.10. The predicted octanol–water partition coefficient (Wildman–Crippen LogP) is 3.91. The molecule has 1 atom stereocenters. The summed E-state index contributed by atoms with van der Waals surface area (Å²) in [6.45, 7) is 1.14. The number of hydrogen-bond donors (Lipinski definition) is 0. The first-order valence-corrected chi connectivity index (χ1v) is 8.48. The van der Waals surface area contributed by atoms with Gasteiger partial charge in [-0.05, 0) is 17.7 Å². The predicted molar refractivity (Wildman–Crippen MR) is 94.0 cm³/mol. The van der Waals surface area contributed by atoms with Gasteiger partial charge in [0.15, 0.2) is 0 Å². The fraction of sp³-hybridized carbons (Fsp3) is 0.211. The lowest BCUT2D eigenvalue weighted by Crippen LogP contribution is -2.24. The lowest BCUT2D eigenvalue weighted by atomic mass is 10.1. The Morgan fingerprint density at radius 1 is 1.12 bits per heavy atom. The van der Waals surface area contributed by atoms with Crippen LogP contribution < -0.4 is 0 Å². The van der Waals surface area contributed by atoms with E-state index in [9.17, 15) is 4.79 Å². The maximum Gasteiger partial charge on any atom is 0.232 e. The Kier molecular flexibility index (Phi) is 4.24. The van der Waals surface area contributed by atoms with Crippen LogP contribution in [0.1, 0.15) is 23.8 Å².